The first kappa shape index (κ1) is 21.8. The van der Waals surface area contributed by atoms with E-state index in [1.165, 1.54) is 19.1 Å². The first-order valence-electron chi connectivity index (χ1n) is 8.36. The van der Waals surface area contributed by atoms with Gasteiger partial charge < -0.3 is 9.84 Å². The van der Waals surface area contributed by atoms with Gasteiger partial charge in [-0.1, -0.05) is 25.6 Å². The van der Waals surface area contributed by atoms with E-state index in [4.69, 9.17) is 5.11 Å². The molecule has 2 rings (SSSR count). The maximum atomic E-state index is 14.5. The predicted octanol–water partition coefficient (Wildman–Crippen LogP) is 4.24. The second-order valence-corrected chi connectivity index (χ2v) is 12.4. The molecule has 28 heavy (non-hydrogen) atoms. The van der Waals surface area contributed by atoms with Crippen LogP contribution in [0.3, 0.4) is 0 Å². The molecule has 1 amide bonds. The van der Waals surface area contributed by atoms with E-state index < -0.39 is 50.2 Å². The van der Waals surface area contributed by atoms with Gasteiger partial charge in [0, 0.05) is 17.5 Å². The molecule has 0 fully saturated rings. The molecule has 10 heteroatoms. The Bertz CT molecular complexity index is 868. The molecule has 2 atom stereocenters. The van der Waals surface area contributed by atoms with Crippen LogP contribution in [-0.4, -0.2) is 37.6 Å². The second-order valence-electron chi connectivity index (χ2n) is 7.67. The Morgan fingerprint density at radius 2 is 2.04 bits per heavy atom. The Hall–Kier alpha value is -2.54. The highest BCUT2D eigenvalue weighted by atomic mass is 28.3. The summed E-state index contributed by atoms with van der Waals surface area (Å²) in [6.45, 7) is 7.36. The van der Waals surface area contributed by atoms with E-state index in [0.29, 0.717) is 5.56 Å². The van der Waals surface area contributed by atoms with Crippen molar-refractivity contribution in [2.45, 2.75) is 50.8 Å². The molecule has 1 aliphatic rings. The van der Waals surface area contributed by atoms with Gasteiger partial charge in [0.2, 0.25) is 0 Å². The highest BCUT2D eigenvalue weighted by Crippen LogP contribution is 2.41. The fraction of sp³-hybridized carbons (Fsp3) is 0.444. The summed E-state index contributed by atoms with van der Waals surface area (Å²) in [7, 11) is -1.72. The van der Waals surface area contributed by atoms with Gasteiger partial charge in [-0.05, 0) is 25.1 Å². The first-order chi connectivity index (χ1) is 12.7. The predicted molar refractivity (Wildman–Crippen MR) is 98.1 cm³/mol. The van der Waals surface area contributed by atoms with Crippen molar-refractivity contribution in [3.05, 3.63) is 35.1 Å². The van der Waals surface area contributed by atoms with Crippen LogP contribution in [-0.2, 0) is 10.3 Å². The number of benzene rings is 1. The highest BCUT2D eigenvalue weighted by molar-refractivity contribution is 6.83. The SMILES string of the molecule is C[C@@]1(c2cc(C#C[Si](C)(C)C)ccc2F)C[C@@H](C(F)(F)F)OC(NC(=O)O)=N1. The number of hydrogen-bond donors (Lipinski definition) is 2. The fourth-order valence-corrected chi connectivity index (χ4v) is 3.13. The van der Waals surface area contributed by atoms with Gasteiger partial charge in [-0.3, -0.25) is 0 Å². The van der Waals surface area contributed by atoms with Crippen LogP contribution in [0.1, 0.15) is 24.5 Å². The molecule has 0 bridgehead atoms. The molecule has 152 valence electrons. The van der Waals surface area contributed by atoms with Gasteiger partial charge in [-0.25, -0.2) is 19.5 Å². The summed E-state index contributed by atoms with van der Waals surface area (Å²) in [4.78, 5) is 14.8. The smallest absolute Gasteiger partial charge is 0.425 e. The van der Waals surface area contributed by atoms with Gasteiger partial charge in [0.05, 0.1) is 5.54 Å². The van der Waals surface area contributed by atoms with E-state index in [0.717, 1.165) is 6.07 Å². The lowest BCUT2D eigenvalue weighted by Gasteiger charge is -2.36. The molecule has 1 aromatic carbocycles. The minimum absolute atomic E-state index is 0.114. The third-order valence-corrected chi connectivity index (χ3v) is 4.77. The maximum Gasteiger partial charge on any atom is 0.425 e. The van der Waals surface area contributed by atoms with E-state index in [9.17, 15) is 22.4 Å². The molecule has 0 unspecified atom stereocenters. The Labute approximate surface area is 160 Å². The Morgan fingerprint density at radius 1 is 1.39 bits per heavy atom. The van der Waals surface area contributed by atoms with Crippen LogP contribution in [0, 0.1) is 17.3 Å². The van der Waals surface area contributed by atoms with Crippen molar-refractivity contribution < 1.29 is 32.2 Å². The molecular weight excluding hydrogens is 396 g/mol. The molecular formula is C18H20F4N2O3Si. The normalized spacial score (nSPS) is 22.4. The van der Waals surface area contributed by atoms with Gasteiger partial charge >= 0.3 is 12.3 Å². The summed E-state index contributed by atoms with van der Waals surface area (Å²) < 4.78 is 59.0. The quantitative estimate of drug-likeness (QED) is 0.409. The van der Waals surface area contributed by atoms with Crippen molar-refractivity contribution in [1.82, 2.24) is 5.32 Å². The van der Waals surface area contributed by atoms with Crippen molar-refractivity contribution in [1.29, 1.82) is 0 Å². The van der Waals surface area contributed by atoms with Crippen LogP contribution in [0.15, 0.2) is 23.2 Å². The summed E-state index contributed by atoms with van der Waals surface area (Å²) in [5.41, 5.74) is 1.74. The molecule has 0 spiro atoms. The molecule has 0 saturated carbocycles. The van der Waals surface area contributed by atoms with Crippen molar-refractivity contribution in [3.63, 3.8) is 0 Å². The zero-order chi connectivity index (χ0) is 21.3. The molecule has 0 aromatic heterocycles. The Morgan fingerprint density at radius 3 is 2.57 bits per heavy atom. The van der Waals surface area contributed by atoms with Crippen LogP contribution < -0.4 is 5.32 Å². The van der Waals surface area contributed by atoms with Gasteiger partial charge in [-0.15, -0.1) is 5.54 Å². The zero-order valence-electron chi connectivity index (χ0n) is 15.7. The number of carboxylic acid groups (broad SMARTS) is 1. The second kappa shape index (κ2) is 7.47. The minimum atomic E-state index is -4.78. The number of amides is 1. The van der Waals surface area contributed by atoms with Crippen molar-refractivity contribution in [3.8, 4) is 11.5 Å². The number of amidine groups is 1. The van der Waals surface area contributed by atoms with Crippen molar-refractivity contribution >= 4 is 20.2 Å². The summed E-state index contributed by atoms with van der Waals surface area (Å²) in [6, 6.07) is 3.08. The van der Waals surface area contributed by atoms with Crippen molar-refractivity contribution in [2.75, 3.05) is 0 Å². The van der Waals surface area contributed by atoms with E-state index in [1.807, 2.05) is 19.6 Å². The van der Waals surface area contributed by atoms with Crippen molar-refractivity contribution in [2.24, 2.45) is 4.99 Å². The standard InChI is InChI=1S/C18H20F4N2O3Si/c1-17(10-14(18(20,21)22)27-15(24-17)23-16(25)26)12-9-11(5-6-13(12)19)7-8-28(2,3)4/h5-6,9,14H,10H2,1-4H3,(H,23,24)(H,25,26)/t14-,17-/m0/s1. The molecule has 1 aliphatic heterocycles. The minimum Gasteiger partial charge on any atom is -0.465 e. The van der Waals surface area contributed by atoms with Crippen LogP contribution >= 0.6 is 0 Å². The number of ether oxygens (including phenoxy) is 1. The number of aliphatic imine (C=N–C) groups is 1. The van der Waals surface area contributed by atoms with Crippen LogP contribution in [0.2, 0.25) is 19.6 Å². The van der Waals surface area contributed by atoms with E-state index in [1.54, 1.807) is 5.32 Å². The molecule has 0 radical (unpaired) electrons. The van der Waals surface area contributed by atoms with Crippen LogP contribution in [0.4, 0.5) is 22.4 Å². The lowest BCUT2D eigenvalue weighted by atomic mass is 9.85. The van der Waals surface area contributed by atoms with Gasteiger partial charge in [0.25, 0.3) is 6.02 Å². The van der Waals surface area contributed by atoms with Gasteiger partial charge in [0.1, 0.15) is 13.9 Å². The Kier molecular flexibility index (Phi) is 5.80. The molecule has 0 saturated heterocycles. The molecule has 2 N–H and O–H groups in total. The molecule has 0 aliphatic carbocycles. The number of alkyl halides is 3. The van der Waals surface area contributed by atoms with Gasteiger partial charge in [-0.2, -0.15) is 13.2 Å². The first-order valence-corrected chi connectivity index (χ1v) is 11.9. The number of nitrogens with zero attached hydrogens (tertiary/aromatic N) is 1. The third-order valence-electron chi connectivity index (χ3n) is 3.89. The average Bonchev–Trinajstić information content (AvgIpc) is 2.51. The average molecular weight is 416 g/mol. The largest absolute Gasteiger partial charge is 0.465 e. The Balaban J connectivity index is 2.55. The summed E-state index contributed by atoms with van der Waals surface area (Å²) in [5.74, 6) is 2.17. The van der Waals surface area contributed by atoms with E-state index >= 15 is 0 Å². The topological polar surface area (TPSA) is 70.9 Å². The number of hydrogen-bond acceptors (Lipinski definition) is 3. The molecule has 5 nitrogen and oxygen atoms in total. The molecule has 1 heterocycles. The number of nitrogens with one attached hydrogen (secondary N) is 1. The fourth-order valence-electron chi connectivity index (χ4n) is 2.61. The lowest BCUT2D eigenvalue weighted by Crippen LogP contribution is -2.48. The monoisotopic (exact) mass is 416 g/mol. The number of rotatable bonds is 1. The third kappa shape index (κ3) is 5.48. The zero-order valence-corrected chi connectivity index (χ0v) is 16.7. The number of halogens is 4. The van der Waals surface area contributed by atoms with Crippen LogP contribution in [0.5, 0.6) is 0 Å². The van der Waals surface area contributed by atoms with E-state index in [2.05, 4.69) is 21.2 Å². The summed E-state index contributed by atoms with van der Waals surface area (Å²) in [6.07, 6.45) is -9.47. The van der Waals surface area contributed by atoms with Crippen LogP contribution in [0.25, 0.3) is 0 Å². The summed E-state index contributed by atoms with van der Waals surface area (Å²) in [5, 5.41) is 10.5. The van der Waals surface area contributed by atoms with Gasteiger partial charge in [0.15, 0.2) is 6.10 Å². The maximum absolute atomic E-state index is 14.5. The number of carbonyl (C=O) groups is 1. The summed E-state index contributed by atoms with van der Waals surface area (Å²) >= 11 is 0. The molecule has 1 aromatic rings. The van der Waals surface area contributed by atoms with E-state index in [-0.39, 0.29) is 5.56 Å². The lowest BCUT2D eigenvalue weighted by molar-refractivity contribution is -0.208. The highest BCUT2D eigenvalue weighted by Gasteiger charge is 2.50.